The number of anilines is 1. The van der Waals surface area contributed by atoms with Gasteiger partial charge < -0.3 is 0 Å². The van der Waals surface area contributed by atoms with E-state index in [9.17, 15) is 8.42 Å². The first-order valence-corrected chi connectivity index (χ1v) is 8.47. The lowest BCUT2D eigenvalue weighted by atomic mass is 10.2. The van der Waals surface area contributed by atoms with Crippen molar-refractivity contribution in [3.05, 3.63) is 57.0 Å². The van der Waals surface area contributed by atoms with Crippen LogP contribution in [0.1, 0.15) is 11.1 Å². The third kappa shape index (κ3) is 3.56. The van der Waals surface area contributed by atoms with Crippen LogP contribution < -0.4 is 4.72 Å². The number of halogens is 2. The molecule has 0 spiro atoms. The number of rotatable bonds is 3. The fourth-order valence-electron chi connectivity index (χ4n) is 1.62. The fraction of sp³-hybridized carbons (Fsp3) is 0.0714. The number of nitriles is 1. The molecule has 7 heteroatoms. The molecule has 1 N–H and O–H groups in total. The van der Waals surface area contributed by atoms with Gasteiger partial charge in [-0.3, -0.25) is 4.72 Å². The van der Waals surface area contributed by atoms with Crippen molar-refractivity contribution in [1.82, 2.24) is 0 Å². The Kier molecular flexibility index (Phi) is 4.57. The molecule has 0 aliphatic heterocycles. The van der Waals surface area contributed by atoms with Crippen LogP contribution in [0.5, 0.6) is 0 Å². The van der Waals surface area contributed by atoms with Crippen LogP contribution >= 0.6 is 27.5 Å². The van der Waals surface area contributed by atoms with Crippen molar-refractivity contribution in [3.63, 3.8) is 0 Å². The Hall–Kier alpha value is -1.55. The molecule has 0 unspecified atom stereocenters. The van der Waals surface area contributed by atoms with Crippen molar-refractivity contribution in [3.8, 4) is 6.07 Å². The largest absolute Gasteiger partial charge is 0.280 e. The minimum absolute atomic E-state index is 0.00296. The Morgan fingerprint density at radius 3 is 2.52 bits per heavy atom. The van der Waals surface area contributed by atoms with Crippen LogP contribution in [0.4, 0.5) is 5.69 Å². The lowest BCUT2D eigenvalue weighted by Gasteiger charge is -2.10. The molecule has 21 heavy (non-hydrogen) atoms. The van der Waals surface area contributed by atoms with Crippen LogP contribution in [0.2, 0.25) is 5.02 Å². The molecule has 4 nitrogen and oxygen atoms in total. The van der Waals surface area contributed by atoms with E-state index in [1.165, 1.54) is 18.2 Å². The molecule has 0 heterocycles. The Morgan fingerprint density at radius 2 is 1.95 bits per heavy atom. The second-order valence-corrected chi connectivity index (χ2v) is 7.27. The zero-order chi connectivity index (χ0) is 15.6. The van der Waals surface area contributed by atoms with E-state index in [-0.39, 0.29) is 15.5 Å². The minimum Gasteiger partial charge on any atom is -0.280 e. The standard InChI is InChI=1S/C14H10BrClN2O2S/c1-9-2-4-11(6-13(9)15)18-21(19,20)12-5-3-10(8-17)14(16)7-12/h2-7,18H,1H3. The molecule has 2 aromatic rings. The van der Waals surface area contributed by atoms with Gasteiger partial charge in [0.15, 0.2) is 0 Å². The molecular weight excluding hydrogens is 376 g/mol. The molecule has 0 amide bonds. The zero-order valence-corrected chi connectivity index (χ0v) is 14.1. The van der Waals surface area contributed by atoms with Crippen molar-refractivity contribution >= 4 is 43.2 Å². The Balaban J connectivity index is 2.36. The van der Waals surface area contributed by atoms with Crippen LogP contribution in [-0.4, -0.2) is 8.42 Å². The summed E-state index contributed by atoms with van der Waals surface area (Å²) in [5, 5.41) is 8.90. The van der Waals surface area contributed by atoms with E-state index >= 15 is 0 Å². The predicted molar refractivity (Wildman–Crippen MR) is 85.9 cm³/mol. The smallest absolute Gasteiger partial charge is 0.261 e. The average molecular weight is 386 g/mol. The van der Waals surface area contributed by atoms with Crippen LogP contribution in [-0.2, 0) is 10.0 Å². The van der Waals surface area contributed by atoms with E-state index in [0.29, 0.717) is 5.69 Å². The molecule has 0 aromatic heterocycles. The topological polar surface area (TPSA) is 70.0 Å². The zero-order valence-electron chi connectivity index (χ0n) is 10.9. The highest BCUT2D eigenvalue weighted by Gasteiger charge is 2.16. The second kappa shape index (κ2) is 6.06. The second-order valence-electron chi connectivity index (χ2n) is 4.32. The first-order valence-electron chi connectivity index (χ1n) is 5.82. The lowest BCUT2D eigenvalue weighted by Crippen LogP contribution is -2.13. The van der Waals surface area contributed by atoms with Crippen molar-refractivity contribution in [2.45, 2.75) is 11.8 Å². The summed E-state index contributed by atoms with van der Waals surface area (Å²) in [6.07, 6.45) is 0. The molecule has 108 valence electrons. The summed E-state index contributed by atoms with van der Waals surface area (Å²) >= 11 is 9.21. The van der Waals surface area contributed by atoms with Gasteiger partial charge in [-0.2, -0.15) is 5.26 Å². The number of nitrogens with zero attached hydrogens (tertiary/aromatic N) is 1. The SMILES string of the molecule is Cc1ccc(NS(=O)(=O)c2ccc(C#N)c(Cl)c2)cc1Br. The summed E-state index contributed by atoms with van der Waals surface area (Å²) < 4.78 is 27.8. The van der Waals surface area contributed by atoms with Crippen LogP contribution in [0.25, 0.3) is 0 Å². The summed E-state index contributed by atoms with van der Waals surface area (Å²) in [6.45, 7) is 1.91. The van der Waals surface area contributed by atoms with Crippen LogP contribution in [0, 0.1) is 18.3 Å². The summed E-state index contributed by atoms with van der Waals surface area (Å²) in [4.78, 5) is 0.00296. The Labute approximate surface area is 136 Å². The Morgan fingerprint density at radius 1 is 1.24 bits per heavy atom. The molecule has 0 aliphatic carbocycles. The van der Waals surface area contributed by atoms with Crippen LogP contribution in [0.3, 0.4) is 0 Å². The first-order chi connectivity index (χ1) is 9.83. The molecule has 0 bridgehead atoms. The van der Waals surface area contributed by atoms with Gasteiger partial charge >= 0.3 is 0 Å². The van der Waals surface area contributed by atoms with Gasteiger partial charge in [-0.05, 0) is 42.8 Å². The van der Waals surface area contributed by atoms with E-state index in [2.05, 4.69) is 20.7 Å². The van der Waals surface area contributed by atoms with Gasteiger partial charge in [0.25, 0.3) is 10.0 Å². The highest BCUT2D eigenvalue weighted by Crippen LogP contribution is 2.25. The van der Waals surface area contributed by atoms with E-state index in [1.54, 1.807) is 18.2 Å². The maximum absolute atomic E-state index is 12.3. The molecule has 0 atom stereocenters. The number of sulfonamides is 1. The molecular formula is C14H10BrClN2O2S. The highest BCUT2D eigenvalue weighted by molar-refractivity contribution is 9.10. The molecule has 2 aromatic carbocycles. The maximum atomic E-state index is 12.3. The van der Waals surface area contributed by atoms with Crippen molar-refractivity contribution in [2.24, 2.45) is 0 Å². The summed E-state index contributed by atoms with van der Waals surface area (Å²) in [7, 11) is -3.76. The normalized spacial score (nSPS) is 11.0. The van der Waals surface area contributed by atoms with Gasteiger partial charge in [0, 0.05) is 10.2 Å². The first kappa shape index (κ1) is 15.8. The summed E-state index contributed by atoms with van der Waals surface area (Å²) in [5.41, 5.74) is 1.67. The number of benzene rings is 2. The molecule has 0 saturated heterocycles. The molecule has 0 radical (unpaired) electrons. The van der Waals surface area contributed by atoms with Gasteiger partial charge in [0.05, 0.1) is 15.5 Å². The van der Waals surface area contributed by atoms with Gasteiger partial charge in [0.1, 0.15) is 6.07 Å². The molecule has 0 aliphatic rings. The molecule has 0 fully saturated rings. The van der Waals surface area contributed by atoms with E-state index in [1.807, 2.05) is 13.0 Å². The maximum Gasteiger partial charge on any atom is 0.261 e. The average Bonchev–Trinajstić information content (AvgIpc) is 2.42. The van der Waals surface area contributed by atoms with Crippen LogP contribution in [0.15, 0.2) is 45.8 Å². The molecule has 2 rings (SSSR count). The number of nitrogens with one attached hydrogen (secondary N) is 1. The van der Waals surface area contributed by atoms with Gasteiger partial charge in [-0.1, -0.05) is 33.6 Å². The monoisotopic (exact) mass is 384 g/mol. The van der Waals surface area contributed by atoms with E-state index in [0.717, 1.165) is 10.0 Å². The minimum atomic E-state index is -3.76. The summed E-state index contributed by atoms with van der Waals surface area (Å²) in [6, 6.07) is 11.0. The van der Waals surface area contributed by atoms with E-state index in [4.69, 9.17) is 16.9 Å². The predicted octanol–water partition coefficient (Wildman–Crippen LogP) is 4.08. The number of hydrogen-bond donors (Lipinski definition) is 1. The van der Waals surface area contributed by atoms with Gasteiger partial charge in [-0.15, -0.1) is 0 Å². The van der Waals surface area contributed by atoms with Crippen molar-refractivity contribution < 1.29 is 8.42 Å². The third-order valence-electron chi connectivity index (χ3n) is 2.80. The Bertz CT molecular complexity index is 845. The fourth-order valence-corrected chi connectivity index (χ4v) is 3.37. The third-order valence-corrected chi connectivity index (χ3v) is 5.34. The lowest BCUT2D eigenvalue weighted by molar-refractivity contribution is 0.601. The number of aryl methyl sites for hydroxylation is 1. The number of hydrogen-bond acceptors (Lipinski definition) is 3. The highest BCUT2D eigenvalue weighted by atomic mass is 79.9. The summed E-state index contributed by atoms with van der Waals surface area (Å²) in [5.74, 6) is 0. The molecule has 0 saturated carbocycles. The van der Waals surface area contributed by atoms with E-state index < -0.39 is 10.0 Å². The van der Waals surface area contributed by atoms with Crippen molar-refractivity contribution in [1.29, 1.82) is 5.26 Å². The van der Waals surface area contributed by atoms with Gasteiger partial charge in [0.2, 0.25) is 0 Å². The van der Waals surface area contributed by atoms with Crippen molar-refractivity contribution in [2.75, 3.05) is 4.72 Å². The quantitative estimate of drug-likeness (QED) is 0.865. The van der Waals surface area contributed by atoms with Gasteiger partial charge in [-0.25, -0.2) is 8.42 Å².